The maximum absolute atomic E-state index is 14.5. The van der Waals surface area contributed by atoms with E-state index >= 15 is 0 Å². The minimum atomic E-state index is -1.65. The van der Waals surface area contributed by atoms with Crippen molar-refractivity contribution < 1.29 is 14.8 Å². The van der Waals surface area contributed by atoms with Crippen molar-refractivity contribution in [3.8, 4) is 0 Å². The molecule has 5 rings (SSSR count). The maximum atomic E-state index is 14.5. The Kier molecular flexibility index (Phi) is 6.16. The number of benzene rings is 3. The fraction of sp³-hybridized carbons (Fsp3) is 0.310. The summed E-state index contributed by atoms with van der Waals surface area (Å²) >= 11 is 6.11. The quantitative estimate of drug-likeness (QED) is 0.353. The van der Waals surface area contributed by atoms with Crippen molar-refractivity contribution in [2.75, 3.05) is 5.01 Å². The fourth-order valence-electron chi connectivity index (χ4n) is 6.50. The lowest BCUT2D eigenvalue weighted by atomic mass is 9.49. The Bertz CT molecular complexity index is 1390. The van der Waals surface area contributed by atoms with Crippen molar-refractivity contribution in [2.45, 2.75) is 50.7 Å². The van der Waals surface area contributed by atoms with Gasteiger partial charge >= 0.3 is 0 Å². The number of carbonyl (C=O) groups is 1. The van der Waals surface area contributed by atoms with Gasteiger partial charge in [0.2, 0.25) is 6.04 Å². The van der Waals surface area contributed by atoms with Gasteiger partial charge in [0.1, 0.15) is 5.41 Å². The Morgan fingerprint density at radius 2 is 1.65 bits per heavy atom. The van der Waals surface area contributed by atoms with Crippen LogP contribution in [0.5, 0.6) is 0 Å². The van der Waals surface area contributed by atoms with Gasteiger partial charge in [-0.1, -0.05) is 66.2 Å². The predicted molar refractivity (Wildman–Crippen MR) is 144 cm³/mol. The number of aliphatic hydroxyl groups is 1. The van der Waals surface area contributed by atoms with Gasteiger partial charge in [-0.25, -0.2) is 0 Å². The summed E-state index contributed by atoms with van der Waals surface area (Å²) in [6, 6.07) is 22.0. The highest BCUT2D eigenvalue weighted by atomic mass is 35.5. The van der Waals surface area contributed by atoms with Gasteiger partial charge in [0.25, 0.3) is 5.91 Å². The first-order valence-corrected chi connectivity index (χ1v) is 12.6. The summed E-state index contributed by atoms with van der Waals surface area (Å²) in [5.41, 5.74) is -0.229. The summed E-state index contributed by atoms with van der Waals surface area (Å²) in [6.45, 7) is 5.19. The highest BCUT2D eigenvalue weighted by Crippen LogP contribution is 2.61. The topological polar surface area (TPSA) is 96.0 Å². The Hall–Kier alpha value is -3.55. The van der Waals surface area contributed by atoms with E-state index in [0.717, 1.165) is 5.56 Å². The van der Waals surface area contributed by atoms with Crippen LogP contribution in [0.3, 0.4) is 0 Å². The molecule has 0 saturated heterocycles. The number of aryl methyl sites for hydroxylation is 1. The Balaban J connectivity index is 1.78. The zero-order valence-electron chi connectivity index (χ0n) is 20.8. The van der Waals surface area contributed by atoms with Crippen molar-refractivity contribution in [2.24, 2.45) is 10.5 Å². The van der Waals surface area contributed by atoms with E-state index in [-0.39, 0.29) is 11.3 Å². The smallest absolute Gasteiger partial charge is 0.263 e. The molecule has 0 radical (unpaired) electrons. The molecule has 0 bridgehead atoms. The van der Waals surface area contributed by atoms with Crippen LogP contribution in [-0.4, -0.2) is 33.3 Å². The molecular weight excluding hydrogens is 490 g/mol. The minimum Gasteiger partial charge on any atom is -0.389 e. The van der Waals surface area contributed by atoms with Gasteiger partial charge in [0, 0.05) is 9.95 Å². The van der Waals surface area contributed by atoms with Gasteiger partial charge in [0.05, 0.1) is 28.8 Å². The molecule has 1 aliphatic heterocycles. The minimum absolute atomic E-state index is 0.00386. The third-order valence-electron chi connectivity index (χ3n) is 8.10. The molecule has 0 aromatic heterocycles. The Morgan fingerprint density at radius 1 is 1.03 bits per heavy atom. The van der Waals surface area contributed by atoms with Crippen molar-refractivity contribution >= 4 is 28.9 Å². The van der Waals surface area contributed by atoms with E-state index in [1.54, 1.807) is 62.4 Å². The van der Waals surface area contributed by atoms with Crippen LogP contribution in [0.25, 0.3) is 0 Å². The van der Waals surface area contributed by atoms with E-state index < -0.39 is 34.8 Å². The summed E-state index contributed by atoms with van der Waals surface area (Å²) in [7, 11) is 0. The van der Waals surface area contributed by atoms with Gasteiger partial charge < -0.3 is 5.11 Å². The molecule has 1 heterocycles. The first-order chi connectivity index (χ1) is 17.6. The number of hydrogen-bond donors (Lipinski definition) is 1. The standard InChI is InChI=1S/C29H28ClN3O4/c1-18-9-7-8-12-23(18)25-26(33(36)37)24(20-13-15-21(30)16-14-20)17-28(3,35)29(25)19(2)31-32(27(29)34)22-10-5-4-6-11-22/h4-16,24-26,35H,17H2,1-3H3/t24-,25+,26-,28+,29-/m0/s1. The van der Waals surface area contributed by atoms with Crippen molar-refractivity contribution in [1.82, 2.24) is 0 Å². The van der Waals surface area contributed by atoms with Crippen LogP contribution in [0.1, 0.15) is 48.8 Å². The number of nitro groups is 1. The molecular formula is C29H28ClN3O4. The highest BCUT2D eigenvalue weighted by Gasteiger charge is 2.73. The molecule has 5 atom stereocenters. The van der Waals surface area contributed by atoms with Gasteiger partial charge in [-0.05, 0) is 68.1 Å². The molecule has 1 amide bonds. The molecule has 1 aliphatic carbocycles. The second-order valence-electron chi connectivity index (χ2n) is 10.2. The van der Waals surface area contributed by atoms with E-state index in [0.29, 0.717) is 27.5 Å². The van der Waals surface area contributed by atoms with E-state index in [1.807, 2.05) is 37.3 Å². The van der Waals surface area contributed by atoms with E-state index in [9.17, 15) is 20.0 Å². The fourth-order valence-corrected chi connectivity index (χ4v) is 6.62. The molecule has 1 fully saturated rings. The van der Waals surface area contributed by atoms with Crippen LogP contribution in [-0.2, 0) is 4.79 Å². The largest absolute Gasteiger partial charge is 0.389 e. The third kappa shape index (κ3) is 3.76. The molecule has 1 saturated carbocycles. The monoisotopic (exact) mass is 517 g/mol. The number of anilines is 1. The van der Waals surface area contributed by atoms with Crippen LogP contribution in [0.2, 0.25) is 5.02 Å². The summed E-state index contributed by atoms with van der Waals surface area (Å²) in [4.78, 5) is 27.1. The highest BCUT2D eigenvalue weighted by molar-refractivity contribution is 6.30. The Morgan fingerprint density at radius 3 is 2.27 bits per heavy atom. The molecule has 7 nitrogen and oxygen atoms in total. The van der Waals surface area contributed by atoms with Crippen molar-refractivity contribution in [3.05, 3.63) is 111 Å². The van der Waals surface area contributed by atoms with Gasteiger partial charge in [-0.3, -0.25) is 14.9 Å². The molecule has 1 spiro atoms. The molecule has 8 heteroatoms. The zero-order valence-corrected chi connectivity index (χ0v) is 21.6. The number of hydrogen-bond acceptors (Lipinski definition) is 5. The maximum Gasteiger partial charge on any atom is 0.263 e. The summed E-state index contributed by atoms with van der Waals surface area (Å²) in [6.07, 6.45) is 0.00386. The number of halogens is 1. The predicted octanol–water partition coefficient (Wildman–Crippen LogP) is 5.72. The zero-order chi connectivity index (χ0) is 26.5. The normalized spacial score (nSPS) is 29.4. The first kappa shape index (κ1) is 25.1. The number of carbonyl (C=O) groups excluding carboxylic acids is 1. The molecule has 3 aromatic carbocycles. The summed E-state index contributed by atoms with van der Waals surface area (Å²) in [5.74, 6) is -2.10. The van der Waals surface area contributed by atoms with Gasteiger partial charge in [-0.15, -0.1) is 0 Å². The van der Waals surface area contributed by atoms with Crippen LogP contribution < -0.4 is 5.01 Å². The lowest BCUT2D eigenvalue weighted by Gasteiger charge is -2.53. The number of amides is 1. The molecule has 0 unspecified atom stereocenters. The molecule has 1 N–H and O–H groups in total. The number of para-hydroxylation sites is 1. The average Bonchev–Trinajstić information content (AvgIpc) is 3.13. The van der Waals surface area contributed by atoms with E-state index in [2.05, 4.69) is 5.10 Å². The van der Waals surface area contributed by atoms with Crippen LogP contribution in [0.4, 0.5) is 5.69 Å². The molecule has 190 valence electrons. The third-order valence-corrected chi connectivity index (χ3v) is 8.36. The van der Waals surface area contributed by atoms with Gasteiger partial charge in [-0.2, -0.15) is 10.1 Å². The number of rotatable bonds is 4. The number of nitrogens with zero attached hydrogens (tertiary/aromatic N) is 3. The Labute approximate surface area is 220 Å². The van der Waals surface area contributed by atoms with Crippen LogP contribution in [0, 0.1) is 22.5 Å². The van der Waals surface area contributed by atoms with E-state index in [4.69, 9.17) is 11.6 Å². The summed E-state index contributed by atoms with van der Waals surface area (Å²) < 4.78 is 0. The summed E-state index contributed by atoms with van der Waals surface area (Å²) in [5, 5.41) is 31.6. The second kappa shape index (κ2) is 9.08. The second-order valence-corrected chi connectivity index (χ2v) is 10.6. The first-order valence-electron chi connectivity index (χ1n) is 12.2. The molecule has 37 heavy (non-hydrogen) atoms. The molecule has 3 aromatic rings. The SMILES string of the molecule is CC1=NN(c2ccccc2)C(=O)[C@@]12[C@H](c1ccccc1C)[C@@H]([N+](=O)[O-])[C@H](c1ccc(Cl)cc1)C[C@@]2(C)O. The van der Waals surface area contributed by atoms with E-state index in [1.165, 1.54) is 5.01 Å². The van der Waals surface area contributed by atoms with Crippen molar-refractivity contribution in [3.63, 3.8) is 0 Å². The number of hydrazone groups is 1. The molecule has 2 aliphatic rings. The van der Waals surface area contributed by atoms with Crippen LogP contribution >= 0.6 is 11.6 Å². The lowest BCUT2D eigenvalue weighted by molar-refractivity contribution is -0.539. The van der Waals surface area contributed by atoms with Crippen molar-refractivity contribution in [1.29, 1.82) is 0 Å². The average molecular weight is 518 g/mol. The van der Waals surface area contributed by atoms with Crippen LogP contribution in [0.15, 0.2) is 84.0 Å². The van der Waals surface area contributed by atoms with Gasteiger partial charge in [0.15, 0.2) is 0 Å². The lowest BCUT2D eigenvalue weighted by Crippen LogP contribution is -2.66.